The fraction of sp³-hybridized carbons (Fsp3) is 0.735. The molecule has 2 amide bonds. The van der Waals surface area contributed by atoms with Gasteiger partial charge in [-0.2, -0.15) is 8.42 Å². The van der Waals surface area contributed by atoms with Gasteiger partial charge in [0.15, 0.2) is 0 Å². The molecular formula is C34H50N2O7S. The van der Waals surface area contributed by atoms with Crippen LogP contribution in [-0.2, 0) is 24.3 Å². The molecule has 4 aliphatic carbocycles. The van der Waals surface area contributed by atoms with Crippen molar-refractivity contribution in [2.75, 3.05) is 7.11 Å². The number of nitrogens with one attached hydrogen (secondary N) is 1. The van der Waals surface area contributed by atoms with Gasteiger partial charge < -0.3 is 9.84 Å². The lowest BCUT2D eigenvalue weighted by Crippen LogP contribution is -2.54. The zero-order chi connectivity index (χ0) is 32.0. The van der Waals surface area contributed by atoms with Gasteiger partial charge in [0.2, 0.25) is 5.91 Å². The van der Waals surface area contributed by atoms with Gasteiger partial charge in [-0.05, 0) is 123 Å². The van der Waals surface area contributed by atoms with E-state index in [9.17, 15) is 27.9 Å². The summed E-state index contributed by atoms with van der Waals surface area (Å²) in [5.74, 6) is 1.24. The third kappa shape index (κ3) is 5.70. The Bertz CT molecular complexity index is 1380. The van der Waals surface area contributed by atoms with Crippen LogP contribution in [0.4, 0.5) is 0 Å². The summed E-state index contributed by atoms with van der Waals surface area (Å²) in [6.07, 6.45) is 10.9. The minimum absolute atomic E-state index is 0.0878. The number of hydrogen-bond donors (Lipinski definition) is 2. The molecule has 0 heterocycles. The third-order valence-electron chi connectivity index (χ3n) is 12.5. The molecule has 0 radical (unpaired) electrons. The Balaban J connectivity index is 1.23. The first-order valence-electron chi connectivity index (χ1n) is 16.4. The predicted molar refractivity (Wildman–Crippen MR) is 165 cm³/mol. The number of amides is 2. The SMILES string of the molecule is COC(=O)c1ccccc1S(=O)(=O)N(NC(=O)CCC(C)C1CCC2C3CCC4CC(O)CCC4(C)C3CCC12C)C(C)=O. The molecule has 44 heavy (non-hydrogen) atoms. The summed E-state index contributed by atoms with van der Waals surface area (Å²) >= 11 is 0. The van der Waals surface area contributed by atoms with Gasteiger partial charge in [-0.1, -0.05) is 32.9 Å². The maximum Gasteiger partial charge on any atom is 0.339 e. The summed E-state index contributed by atoms with van der Waals surface area (Å²) in [5, 5.41) is 10.3. The Labute approximate surface area is 262 Å². The van der Waals surface area contributed by atoms with Crippen LogP contribution in [0.3, 0.4) is 0 Å². The highest BCUT2D eigenvalue weighted by atomic mass is 32.2. The fourth-order valence-corrected chi connectivity index (χ4v) is 11.8. The Morgan fingerprint density at radius 3 is 2.41 bits per heavy atom. The van der Waals surface area contributed by atoms with Crippen LogP contribution in [0, 0.1) is 46.3 Å². The lowest BCUT2D eigenvalue weighted by molar-refractivity contribution is -0.134. The van der Waals surface area contributed by atoms with E-state index < -0.39 is 32.7 Å². The van der Waals surface area contributed by atoms with Crippen LogP contribution in [0.2, 0.25) is 0 Å². The van der Waals surface area contributed by atoms with E-state index in [1.54, 1.807) is 0 Å². The number of methoxy groups -OCH3 is 1. The Kier molecular flexibility index (Phi) is 9.27. The van der Waals surface area contributed by atoms with Crippen LogP contribution >= 0.6 is 0 Å². The number of rotatable bonds is 7. The van der Waals surface area contributed by atoms with Gasteiger partial charge in [0.1, 0.15) is 4.90 Å². The fourth-order valence-electron chi connectivity index (χ4n) is 10.3. The molecule has 1 aromatic carbocycles. The molecule has 0 aromatic heterocycles. The molecule has 0 aliphatic heterocycles. The van der Waals surface area contributed by atoms with Crippen molar-refractivity contribution in [1.29, 1.82) is 0 Å². The van der Waals surface area contributed by atoms with Gasteiger partial charge >= 0.3 is 5.97 Å². The lowest BCUT2D eigenvalue weighted by atomic mass is 9.44. The quantitative estimate of drug-likeness (QED) is 0.302. The molecule has 0 saturated heterocycles. The van der Waals surface area contributed by atoms with Crippen molar-refractivity contribution in [1.82, 2.24) is 9.84 Å². The molecule has 9 unspecified atom stereocenters. The molecule has 10 heteroatoms. The normalized spacial score (nSPS) is 35.4. The van der Waals surface area contributed by atoms with Gasteiger partial charge in [0.25, 0.3) is 15.9 Å². The summed E-state index contributed by atoms with van der Waals surface area (Å²) in [7, 11) is -3.41. The van der Waals surface area contributed by atoms with Crippen molar-refractivity contribution in [2.24, 2.45) is 46.3 Å². The molecule has 5 rings (SSSR count). The molecule has 244 valence electrons. The van der Waals surface area contributed by atoms with Crippen molar-refractivity contribution in [3.8, 4) is 0 Å². The van der Waals surface area contributed by atoms with Crippen molar-refractivity contribution < 1.29 is 32.6 Å². The number of ether oxygens (including phenoxy) is 1. The molecule has 4 aliphatic rings. The van der Waals surface area contributed by atoms with Crippen LogP contribution in [0.15, 0.2) is 29.2 Å². The van der Waals surface area contributed by atoms with E-state index in [-0.39, 0.29) is 29.4 Å². The van der Waals surface area contributed by atoms with Crippen LogP contribution in [0.25, 0.3) is 0 Å². The summed E-state index contributed by atoms with van der Waals surface area (Å²) in [6, 6.07) is 5.45. The zero-order valence-corrected chi connectivity index (χ0v) is 27.7. The summed E-state index contributed by atoms with van der Waals surface area (Å²) in [4.78, 5) is 37.3. The number of hydrogen-bond acceptors (Lipinski definition) is 7. The van der Waals surface area contributed by atoms with Gasteiger partial charge in [-0.15, -0.1) is 4.41 Å². The van der Waals surface area contributed by atoms with Crippen LogP contribution in [0.5, 0.6) is 0 Å². The van der Waals surface area contributed by atoms with Gasteiger partial charge in [-0.3, -0.25) is 15.0 Å². The Morgan fingerprint density at radius 1 is 1.02 bits per heavy atom. The smallest absolute Gasteiger partial charge is 0.339 e. The molecule has 9 nitrogen and oxygen atoms in total. The summed E-state index contributed by atoms with van der Waals surface area (Å²) < 4.78 is 31.9. The molecule has 4 fully saturated rings. The van der Waals surface area contributed by atoms with E-state index in [2.05, 4.69) is 26.2 Å². The van der Waals surface area contributed by atoms with Gasteiger partial charge in [0, 0.05) is 13.3 Å². The summed E-state index contributed by atoms with van der Waals surface area (Å²) in [6.45, 7) is 8.25. The molecular weight excluding hydrogens is 580 g/mol. The van der Waals surface area contributed by atoms with E-state index in [0.29, 0.717) is 34.0 Å². The third-order valence-corrected chi connectivity index (χ3v) is 14.3. The average molecular weight is 631 g/mol. The maximum atomic E-state index is 13.4. The van der Waals surface area contributed by atoms with E-state index >= 15 is 0 Å². The number of carbonyl (C=O) groups excluding carboxylic acids is 3. The minimum atomic E-state index is -4.55. The monoisotopic (exact) mass is 630 g/mol. The number of sulfonamides is 1. The Morgan fingerprint density at radius 2 is 1.70 bits per heavy atom. The average Bonchev–Trinajstić information content (AvgIpc) is 3.35. The lowest BCUT2D eigenvalue weighted by Gasteiger charge is -2.61. The highest BCUT2D eigenvalue weighted by Gasteiger charge is 2.60. The first-order valence-corrected chi connectivity index (χ1v) is 17.9. The molecule has 4 saturated carbocycles. The summed E-state index contributed by atoms with van der Waals surface area (Å²) in [5.41, 5.74) is 2.65. The predicted octanol–water partition coefficient (Wildman–Crippen LogP) is 5.48. The molecule has 0 bridgehead atoms. The molecule has 2 N–H and O–H groups in total. The van der Waals surface area contributed by atoms with Gasteiger partial charge in [0.05, 0.1) is 18.8 Å². The van der Waals surface area contributed by atoms with Crippen molar-refractivity contribution in [2.45, 2.75) is 109 Å². The highest BCUT2D eigenvalue weighted by molar-refractivity contribution is 7.89. The molecule has 0 spiro atoms. The second-order valence-electron chi connectivity index (χ2n) is 14.6. The highest BCUT2D eigenvalue weighted by Crippen LogP contribution is 2.68. The van der Waals surface area contributed by atoms with E-state index in [1.807, 2.05) is 0 Å². The van der Waals surface area contributed by atoms with Crippen LogP contribution in [-0.4, -0.2) is 48.9 Å². The number of benzene rings is 1. The number of nitrogens with zero attached hydrogens (tertiary/aromatic N) is 1. The number of carbonyl (C=O) groups is 3. The second kappa shape index (κ2) is 12.4. The number of hydrazine groups is 1. The van der Waals surface area contributed by atoms with Crippen LogP contribution < -0.4 is 5.43 Å². The standard InChI is InChI=1S/C34H50N2O7S/c1-21(10-15-31(39)35-36(22(2)37)44(41,42)30-9-7-6-8-26(30)32(40)43-5)27-13-14-28-25-12-11-23-20-24(38)16-18-33(23,3)29(25)17-19-34(27,28)4/h6-9,21,23-25,27-29,38H,10-20H2,1-5H3,(H,35,39). The topological polar surface area (TPSA) is 130 Å². The second-order valence-corrected chi connectivity index (χ2v) is 16.4. The number of aliphatic hydroxyl groups is 1. The van der Waals surface area contributed by atoms with Crippen molar-refractivity contribution >= 4 is 27.8 Å². The number of fused-ring (bicyclic) bond motifs is 5. The van der Waals surface area contributed by atoms with Gasteiger partial charge in [-0.25, -0.2) is 4.79 Å². The van der Waals surface area contributed by atoms with E-state index in [4.69, 9.17) is 4.74 Å². The number of aliphatic hydroxyl groups excluding tert-OH is 1. The van der Waals surface area contributed by atoms with Crippen LogP contribution in [0.1, 0.15) is 109 Å². The zero-order valence-electron chi connectivity index (χ0n) is 26.9. The van der Waals surface area contributed by atoms with E-state index in [0.717, 1.165) is 51.6 Å². The molecule has 1 aromatic rings. The minimum Gasteiger partial charge on any atom is -0.465 e. The van der Waals surface area contributed by atoms with Crippen molar-refractivity contribution in [3.63, 3.8) is 0 Å². The molecule has 9 atom stereocenters. The maximum absolute atomic E-state index is 13.4. The Hall–Kier alpha value is -2.46. The van der Waals surface area contributed by atoms with Crippen molar-refractivity contribution in [3.05, 3.63) is 29.8 Å². The number of esters is 1. The van der Waals surface area contributed by atoms with E-state index in [1.165, 1.54) is 56.4 Å². The first-order chi connectivity index (χ1) is 20.7. The first kappa shape index (κ1) is 32.9. The largest absolute Gasteiger partial charge is 0.465 e.